The molecule has 0 aliphatic carbocycles. The molecule has 0 unspecified atom stereocenters. The van der Waals surface area contributed by atoms with Crippen LogP contribution in [0.1, 0.15) is 6.92 Å². The molecule has 0 aromatic heterocycles. The highest BCUT2D eigenvalue weighted by Gasteiger charge is 2.05. The molecule has 1 nitrogen and oxygen atoms in total. The topological polar surface area (TPSA) is 12.0 Å². The van der Waals surface area contributed by atoms with Crippen molar-refractivity contribution in [1.82, 2.24) is 4.72 Å². The first kappa shape index (κ1) is 5.32. The van der Waals surface area contributed by atoms with Crippen LogP contribution >= 0.6 is 23.5 Å². The van der Waals surface area contributed by atoms with Crippen molar-refractivity contribution >= 4 is 23.5 Å². The zero-order valence-electron chi connectivity index (χ0n) is 3.99. The smallest absolute Gasteiger partial charge is 0.0508 e. The van der Waals surface area contributed by atoms with Crippen LogP contribution in [-0.2, 0) is 0 Å². The monoisotopic (exact) mass is 135 g/mol. The molecule has 1 aliphatic rings. The average Bonchev–Trinajstić information content (AvgIpc) is 1.91. The van der Waals surface area contributed by atoms with E-state index < -0.39 is 0 Å². The summed E-state index contributed by atoms with van der Waals surface area (Å²) in [4.78, 5) is 0. The highest BCUT2D eigenvalue weighted by atomic mass is 35.5. The van der Waals surface area contributed by atoms with E-state index in [9.17, 15) is 0 Å². The first-order chi connectivity index (χ1) is 3.30. The Labute approximate surface area is 52.3 Å². The van der Waals surface area contributed by atoms with E-state index in [2.05, 4.69) is 4.72 Å². The molecule has 1 rings (SSSR count). The van der Waals surface area contributed by atoms with Crippen molar-refractivity contribution in [3.63, 3.8) is 0 Å². The third-order valence-electron chi connectivity index (χ3n) is 0.831. The van der Waals surface area contributed by atoms with Gasteiger partial charge in [0.2, 0.25) is 0 Å². The second kappa shape index (κ2) is 1.97. The van der Waals surface area contributed by atoms with Crippen LogP contribution in [0.4, 0.5) is 0 Å². The minimum atomic E-state index is 0.924. The first-order valence-corrected chi connectivity index (χ1v) is 3.40. The molecule has 0 atom stereocenters. The largest absolute Gasteiger partial charge is 0.332 e. The van der Waals surface area contributed by atoms with Crippen LogP contribution in [-0.4, -0.2) is 5.75 Å². The summed E-state index contributed by atoms with van der Waals surface area (Å²) >= 11 is 7.29. The maximum absolute atomic E-state index is 5.66. The maximum Gasteiger partial charge on any atom is 0.0508 e. The van der Waals surface area contributed by atoms with Gasteiger partial charge >= 0.3 is 0 Å². The molecule has 0 fully saturated rings. The Morgan fingerprint density at radius 2 is 2.57 bits per heavy atom. The summed E-state index contributed by atoms with van der Waals surface area (Å²) in [5.74, 6) is 0.924. The average molecular weight is 136 g/mol. The highest BCUT2D eigenvalue weighted by Crippen LogP contribution is 2.20. The Kier molecular flexibility index (Phi) is 1.50. The molecule has 0 amide bonds. The van der Waals surface area contributed by atoms with Crippen molar-refractivity contribution < 1.29 is 0 Å². The third kappa shape index (κ3) is 1.04. The predicted octanol–water partition coefficient (Wildman–Crippen LogP) is 1.71. The van der Waals surface area contributed by atoms with Gasteiger partial charge in [0, 0.05) is 10.7 Å². The third-order valence-corrected chi connectivity index (χ3v) is 2.29. The molecule has 0 saturated carbocycles. The summed E-state index contributed by atoms with van der Waals surface area (Å²) in [5, 5.41) is 0.949. The Morgan fingerprint density at radius 1 is 1.86 bits per heavy atom. The Hall–Kier alpha value is 0.180. The Balaban J connectivity index is 2.64. The van der Waals surface area contributed by atoms with Crippen LogP contribution in [0.15, 0.2) is 10.7 Å². The van der Waals surface area contributed by atoms with E-state index in [1.165, 1.54) is 0 Å². The van der Waals surface area contributed by atoms with Gasteiger partial charge in [-0.25, -0.2) is 0 Å². The maximum atomic E-state index is 5.66. The number of rotatable bonds is 0. The van der Waals surface area contributed by atoms with E-state index in [-0.39, 0.29) is 0 Å². The molecule has 1 heterocycles. The number of hydrogen-bond donors (Lipinski definition) is 1. The quantitative estimate of drug-likeness (QED) is 0.508. The molecular formula is C4H6ClNS. The van der Waals surface area contributed by atoms with Gasteiger partial charge in [0.1, 0.15) is 0 Å². The van der Waals surface area contributed by atoms with Gasteiger partial charge in [0.15, 0.2) is 0 Å². The van der Waals surface area contributed by atoms with Gasteiger partial charge in [0.05, 0.1) is 5.75 Å². The van der Waals surface area contributed by atoms with Gasteiger partial charge in [-0.05, 0) is 18.9 Å². The van der Waals surface area contributed by atoms with Gasteiger partial charge in [-0.2, -0.15) is 0 Å². The van der Waals surface area contributed by atoms with E-state index in [1.807, 2.05) is 6.92 Å². The summed E-state index contributed by atoms with van der Waals surface area (Å²) in [6.45, 7) is 1.97. The van der Waals surface area contributed by atoms with Crippen molar-refractivity contribution in [2.45, 2.75) is 6.92 Å². The summed E-state index contributed by atoms with van der Waals surface area (Å²) in [5.41, 5.74) is 1.10. The van der Waals surface area contributed by atoms with Crippen LogP contribution in [0.2, 0.25) is 0 Å². The second-order valence-corrected chi connectivity index (χ2v) is 2.66. The molecule has 0 radical (unpaired) electrons. The van der Waals surface area contributed by atoms with E-state index in [1.54, 1.807) is 11.9 Å². The van der Waals surface area contributed by atoms with Crippen molar-refractivity contribution in [3.05, 3.63) is 10.7 Å². The molecule has 0 spiro atoms. The lowest BCUT2D eigenvalue weighted by molar-refractivity contribution is 1.22. The fourth-order valence-electron chi connectivity index (χ4n) is 0.371. The van der Waals surface area contributed by atoms with Gasteiger partial charge in [-0.3, -0.25) is 0 Å². The van der Waals surface area contributed by atoms with E-state index >= 15 is 0 Å². The van der Waals surface area contributed by atoms with E-state index in [0.717, 1.165) is 16.5 Å². The fourth-order valence-corrected chi connectivity index (χ4v) is 1.39. The van der Waals surface area contributed by atoms with Crippen LogP contribution in [0.5, 0.6) is 0 Å². The van der Waals surface area contributed by atoms with Crippen molar-refractivity contribution in [2.75, 3.05) is 5.75 Å². The summed E-state index contributed by atoms with van der Waals surface area (Å²) < 4.78 is 3.03. The normalized spacial score (nSPS) is 20.3. The number of allylic oxidation sites excluding steroid dienone is 1. The van der Waals surface area contributed by atoms with E-state index in [0.29, 0.717) is 0 Å². The predicted molar refractivity (Wildman–Crippen MR) is 34.1 cm³/mol. The van der Waals surface area contributed by atoms with Crippen LogP contribution < -0.4 is 4.72 Å². The highest BCUT2D eigenvalue weighted by molar-refractivity contribution is 7.98. The fraction of sp³-hybridized carbons (Fsp3) is 0.500. The van der Waals surface area contributed by atoms with Crippen molar-refractivity contribution in [3.8, 4) is 0 Å². The van der Waals surface area contributed by atoms with Crippen molar-refractivity contribution in [2.24, 2.45) is 0 Å². The zero-order chi connectivity index (χ0) is 5.28. The Bertz CT molecular complexity index is 98.3. The summed E-state index contributed by atoms with van der Waals surface area (Å²) in [6.07, 6.45) is 0. The minimum Gasteiger partial charge on any atom is -0.332 e. The Morgan fingerprint density at radius 3 is 2.71 bits per heavy atom. The molecule has 0 aromatic rings. The van der Waals surface area contributed by atoms with Gasteiger partial charge in [-0.1, -0.05) is 11.6 Å². The molecule has 0 bridgehead atoms. The standard InChI is InChI=1S/C4H6ClNS/c1-3-4(5)2-7-6-3/h6H,2H2,1H3. The number of nitrogens with one attached hydrogen (secondary N) is 1. The molecule has 0 saturated heterocycles. The minimum absolute atomic E-state index is 0.924. The first-order valence-electron chi connectivity index (χ1n) is 2.04. The zero-order valence-corrected chi connectivity index (χ0v) is 5.57. The summed E-state index contributed by atoms with van der Waals surface area (Å²) in [7, 11) is 0. The SMILES string of the molecule is CC1=C(Cl)CSN1. The van der Waals surface area contributed by atoms with Crippen LogP contribution in [0.25, 0.3) is 0 Å². The van der Waals surface area contributed by atoms with Gasteiger partial charge < -0.3 is 4.72 Å². The van der Waals surface area contributed by atoms with Gasteiger partial charge in [0.25, 0.3) is 0 Å². The van der Waals surface area contributed by atoms with Gasteiger partial charge in [-0.15, -0.1) is 0 Å². The molecule has 0 aromatic carbocycles. The molecule has 7 heavy (non-hydrogen) atoms. The second-order valence-electron chi connectivity index (χ2n) is 1.42. The molecular weight excluding hydrogens is 130 g/mol. The van der Waals surface area contributed by atoms with Crippen LogP contribution in [0.3, 0.4) is 0 Å². The molecule has 3 heteroatoms. The van der Waals surface area contributed by atoms with Crippen molar-refractivity contribution in [1.29, 1.82) is 0 Å². The number of halogens is 1. The van der Waals surface area contributed by atoms with Crippen LogP contribution in [0, 0.1) is 0 Å². The lowest BCUT2D eigenvalue weighted by Crippen LogP contribution is -1.90. The molecule has 1 N–H and O–H groups in total. The van der Waals surface area contributed by atoms with E-state index in [4.69, 9.17) is 11.6 Å². The molecule has 1 aliphatic heterocycles. The lowest BCUT2D eigenvalue weighted by Gasteiger charge is -1.88. The molecule has 40 valence electrons. The lowest BCUT2D eigenvalue weighted by atomic mass is 10.5. The number of hydrogen-bond acceptors (Lipinski definition) is 2. The summed E-state index contributed by atoms with van der Waals surface area (Å²) in [6, 6.07) is 0.